The first-order chi connectivity index (χ1) is 7.93. The van der Waals surface area contributed by atoms with Gasteiger partial charge in [-0.05, 0) is 31.6 Å². The van der Waals surface area contributed by atoms with Crippen molar-refractivity contribution in [1.82, 2.24) is 0 Å². The van der Waals surface area contributed by atoms with Gasteiger partial charge in [0.1, 0.15) is 5.67 Å². The van der Waals surface area contributed by atoms with Crippen LogP contribution in [0.1, 0.15) is 26.7 Å². The summed E-state index contributed by atoms with van der Waals surface area (Å²) in [5, 5.41) is 0. The molecule has 0 bridgehead atoms. The van der Waals surface area contributed by atoms with Gasteiger partial charge < -0.3 is 5.73 Å². The van der Waals surface area contributed by atoms with Gasteiger partial charge in [0.05, 0.1) is 0 Å². The zero-order valence-electron chi connectivity index (χ0n) is 10.5. The number of halogens is 1. The Morgan fingerprint density at radius 3 is 2.82 bits per heavy atom. The van der Waals surface area contributed by atoms with E-state index in [1.165, 1.54) is 0 Å². The van der Waals surface area contributed by atoms with Gasteiger partial charge in [0.25, 0.3) is 0 Å². The van der Waals surface area contributed by atoms with Crippen molar-refractivity contribution < 1.29 is 4.39 Å². The fourth-order valence-electron chi connectivity index (χ4n) is 1.48. The molecule has 0 saturated carbocycles. The van der Waals surface area contributed by atoms with E-state index in [-0.39, 0.29) is 0 Å². The number of allylic oxidation sites excluding steroid dienone is 8. The second-order valence-electron chi connectivity index (χ2n) is 4.63. The predicted molar refractivity (Wildman–Crippen MR) is 72.2 cm³/mol. The van der Waals surface area contributed by atoms with Crippen LogP contribution in [0, 0.1) is 0 Å². The van der Waals surface area contributed by atoms with Crippen molar-refractivity contribution in [3.8, 4) is 0 Å². The fourth-order valence-corrected chi connectivity index (χ4v) is 1.48. The highest BCUT2D eigenvalue weighted by molar-refractivity contribution is 5.32. The van der Waals surface area contributed by atoms with Crippen LogP contribution in [-0.2, 0) is 0 Å². The zero-order valence-corrected chi connectivity index (χ0v) is 10.5. The Kier molecular flexibility index (Phi) is 4.50. The molecule has 0 radical (unpaired) electrons. The Hall–Kier alpha value is -1.57. The monoisotopic (exact) mass is 233 g/mol. The first-order valence-corrected chi connectivity index (χ1v) is 5.75. The Labute approximate surface area is 103 Å². The summed E-state index contributed by atoms with van der Waals surface area (Å²) in [4.78, 5) is 0. The molecule has 0 aromatic rings. The maximum absolute atomic E-state index is 13.5. The van der Waals surface area contributed by atoms with Gasteiger partial charge in [-0.2, -0.15) is 0 Å². The number of nitrogens with two attached hydrogens (primary N) is 1. The fraction of sp³-hybridized carbons (Fsp3) is 0.333. The first kappa shape index (κ1) is 13.5. The molecule has 2 heteroatoms. The summed E-state index contributed by atoms with van der Waals surface area (Å²) in [5.74, 6) is 0. The average molecular weight is 233 g/mol. The molecule has 1 nitrogen and oxygen atoms in total. The van der Waals surface area contributed by atoms with E-state index in [9.17, 15) is 4.39 Å². The minimum atomic E-state index is -1.21. The third-order valence-electron chi connectivity index (χ3n) is 2.70. The molecule has 0 saturated heterocycles. The quantitative estimate of drug-likeness (QED) is 0.731. The highest BCUT2D eigenvalue weighted by Crippen LogP contribution is 2.26. The van der Waals surface area contributed by atoms with Crippen molar-refractivity contribution in [1.29, 1.82) is 0 Å². The third-order valence-corrected chi connectivity index (χ3v) is 2.70. The smallest absolute Gasteiger partial charge is 0.130 e. The van der Waals surface area contributed by atoms with Crippen LogP contribution < -0.4 is 5.73 Å². The molecule has 92 valence electrons. The lowest BCUT2D eigenvalue weighted by Crippen LogP contribution is -2.15. The molecule has 17 heavy (non-hydrogen) atoms. The van der Waals surface area contributed by atoms with Crippen LogP contribution in [0.3, 0.4) is 0 Å². The van der Waals surface area contributed by atoms with Gasteiger partial charge in [0, 0.05) is 18.5 Å². The van der Waals surface area contributed by atoms with Crippen molar-refractivity contribution in [2.45, 2.75) is 32.4 Å². The van der Waals surface area contributed by atoms with Crippen LogP contribution in [0.4, 0.5) is 4.39 Å². The van der Waals surface area contributed by atoms with E-state index in [4.69, 9.17) is 5.73 Å². The number of hydrogen-bond acceptors (Lipinski definition) is 1. The van der Waals surface area contributed by atoms with E-state index in [1.54, 1.807) is 19.1 Å². The van der Waals surface area contributed by atoms with Crippen LogP contribution in [0.5, 0.6) is 0 Å². The molecular formula is C15H20FN. The maximum Gasteiger partial charge on any atom is 0.130 e. The van der Waals surface area contributed by atoms with Crippen molar-refractivity contribution in [3.63, 3.8) is 0 Å². The number of alkyl halides is 1. The molecule has 0 heterocycles. The molecule has 1 aliphatic rings. The molecule has 1 rings (SSSR count). The summed E-state index contributed by atoms with van der Waals surface area (Å²) in [6, 6.07) is 0. The molecule has 0 spiro atoms. The van der Waals surface area contributed by atoms with Gasteiger partial charge >= 0.3 is 0 Å². The zero-order chi connectivity index (χ0) is 12.9. The maximum atomic E-state index is 13.5. The molecule has 0 aliphatic heterocycles. The van der Waals surface area contributed by atoms with E-state index in [0.29, 0.717) is 12.8 Å². The summed E-state index contributed by atoms with van der Waals surface area (Å²) in [7, 11) is 0. The van der Waals surface area contributed by atoms with Crippen molar-refractivity contribution in [2.24, 2.45) is 5.73 Å². The van der Waals surface area contributed by atoms with Gasteiger partial charge in [-0.15, -0.1) is 0 Å². The molecule has 2 N–H and O–H groups in total. The highest BCUT2D eigenvalue weighted by Gasteiger charge is 2.20. The third kappa shape index (κ3) is 4.85. The Morgan fingerprint density at radius 2 is 2.29 bits per heavy atom. The van der Waals surface area contributed by atoms with Gasteiger partial charge in [0.2, 0.25) is 0 Å². The van der Waals surface area contributed by atoms with Gasteiger partial charge in [-0.1, -0.05) is 36.5 Å². The SMILES string of the molecule is C=C/C(C)=C\C=C(/N)CC1=CCC(C)(F)C=C1. The molecule has 0 fully saturated rings. The second kappa shape index (κ2) is 5.67. The Morgan fingerprint density at radius 1 is 1.59 bits per heavy atom. The van der Waals surface area contributed by atoms with Crippen molar-refractivity contribution in [3.05, 3.63) is 59.9 Å². The lowest BCUT2D eigenvalue weighted by atomic mass is 9.94. The summed E-state index contributed by atoms with van der Waals surface area (Å²) in [6.07, 6.45) is 12.0. The van der Waals surface area contributed by atoms with Crippen LogP contribution >= 0.6 is 0 Å². The minimum Gasteiger partial charge on any atom is -0.402 e. The molecule has 1 atom stereocenters. The lowest BCUT2D eigenvalue weighted by molar-refractivity contribution is 0.258. The molecule has 1 unspecified atom stereocenters. The van der Waals surface area contributed by atoms with Crippen LogP contribution in [0.25, 0.3) is 0 Å². The van der Waals surface area contributed by atoms with Crippen molar-refractivity contribution >= 4 is 0 Å². The average Bonchev–Trinajstić information content (AvgIpc) is 2.29. The molecule has 1 aliphatic carbocycles. The molecule has 0 aromatic carbocycles. The van der Waals surface area contributed by atoms with Crippen LogP contribution in [0.15, 0.2) is 59.9 Å². The van der Waals surface area contributed by atoms with Crippen LogP contribution in [-0.4, -0.2) is 5.67 Å². The van der Waals surface area contributed by atoms with E-state index in [1.807, 2.05) is 31.2 Å². The molecular weight excluding hydrogens is 213 g/mol. The minimum absolute atomic E-state index is 0.424. The van der Waals surface area contributed by atoms with Gasteiger partial charge in [-0.25, -0.2) is 4.39 Å². The summed E-state index contributed by atoms with van der Waals surface area (Å²) in [6.45, 7) is 7.21. The number of hydrogen-bond donors (Lipinski definition) is 1. The van der Waals surface area contributed by atoms with Gasteiger partial charge in [0.15, 0.2) is 0 Å². The Bertz CT molecular complexity index is 409. The summed E-state index contributed by atoms with van der Waals surface area (Å²) in [5.41, 5.74) is 7.59. The Balaban J connectivity index is 2.60. The van der Waals surface area contributed by atoms with E-state index in [0.717, 1.165) is 16.8 Å². The first-order valence-electron chi connectivity index (χ1n) is 5.75. The largest absolute Gasteiger partial charge is 0.402 e. The van der Waals surface area contributed by atoms with Crippen molar-refractivity contribution in [2.75, 3.05) is 0 Å². The molecule has 0 amide bonds. The number of rotatable bonds is 4. The molecule has 0 aromatic heterocycles. The summed E-state index contributed by atoms with van der Waals surface area (Å²) < 4.78 is 13.5. The standard InChI is InChI=1S/C15H20FN/c1-4-12(2)5-6-14(17)11-13-7-9-15(3,16)10-8-13/h4-9H,1,10-11,17H2,2-3H3/b12-5-,14-6-. The normalized spacial score (nSPS) is 25.7. The lowest BCUT2D eigenvalue weighted by Gasteiger charge is -2.18. The van der Waals surface area contributed by atoms with E-state index >= 15 is 0 Å². The highest BCUT2D eigenvalue weighted by atomic mass is 19.1. The van der Waals surface area contributed by atoms with Gasteiger partial charge in [-0.3, -0.25) is 0 Å². The predicted octanol–water partition coefficient (Wildman–Crippen LogP) is 3.97. The van der Waals surface area contributed by atoms with E-state index < -0.39 is 5.67 Å². The second-order valence-corrected chi connectivity index (χ2v) is 4.63. The topological polar surface area (TPSA) is 26.0 Å². The van der Waals surface area contributed by atoms with Crippen LogP contribution in [0.2, 0.25) is 0 Å². The summed E-state index contributed by atoms with van der Waals surface area (Å²) >= 11 is 0. The van der Waals surface area contributed by atoms with E-state index in [2.05, 4.69) is 6.58 Å².